The van der Waals surface area contributed by atoms with Crippen LogP contribution in [0.3, 0.4) is 0 Å². The van der Waals surface area contributed by atoms with Crippen molar-refractivity contribution >= 4 is 11.6 Å². The molecule has 0 aliphatic carbocycles. The molecule has 1 saturated heterocycles. The van der Waals surface area contributed by atoms with Crippen LogP contribution in [-0.4, -0.2) is 30.4 Å². The molecule has 1 amide bonds. The third kappa shape index (κ3) is 3.82. The minimum Gasteiger partial charge on any atom is -0.325 e. The molecule has 1 aliphatic heterocycles. The number of carbonyl (C=O) groups is 1. The zero-order valence-electron chi connectivity index (χ0n) is 11.9. The summed E-state index contributed by atoms with van der Waals surface area (Å²) in [7, 11) is 0. The molecule has 4 heteroatoms. The standard InChI is InChI=1S/C16H21N3O/c1-2-13-7-9-19(12-13)10-8-16(20)18-15-6-4-3-5-14(15)11-17/h3-6,13H,2,7-10,12H2,1H3,(H,18,20). The lowest BCUT2D eigenvalue weighted by Gasteiger charge is -2.15. The number of amides is 1. The van der Waals surface area contributed by atoms with E-state index in [2.05, 4.69) is 23.2 Å². The normalized spacial score (nSPS) is 18.7. The van der Waals surface area contributed by atoms with Gasteiger partial charge in [-0.25, -0.2) is 0 Å². The first-order valence-electron chi connectivity index (χ1n) is 7.24. The first kappa shape index (κ1) is 14.5. The van der Waals surface area contributed by atoms with Gasteiger partial charge in [0.1, 0.15) is 6.07 Å². The van der Waals surface area contributed by atoms with Crippen LogP contribution in [0.4, 0.5) is 5.69 Å². The zero-order valence-corrected chi connectivity index (χ0v) is 11.9. The Bertz CT molecular complexity index is 507. The molecule has 1 N–H and O–H groups in total. The SMILES string of the molecule is CCC1CCN(CCC(=O)Nc2ccccc2C#N)C1. The van der Waals surface area contributed by atoms with Crippen LogP contribution in [0.1, 0.15) is 31.7 Å². The van der Waals surface area contributed by atoms with Crippen molar-refractivity contribution in [3.63, 3.8) is 0 Å². The fraction of sp³-hybridized carbons (Fsp3) is 0.500. The van der Waals surface area contributed by atoms with E-state index in [-0.39, 0.29) is 5.91 Å². The largest absolute Gasteiger partial charge is 0.325 e. The second-order valence-electron chi connectivity index (χ2n) is 5.32. The summed E-state index contributed by atoms with van der Waals surface area (Å²) in [5.41, 5.74) is 1.11. The first-order chi connectivity index (χ1) is 9.72. The molecule has 0 spiro atoms. The molecule has 0 aromatic heterocycles. The Morgan fingerprint density at radius 3 is 3.00 bits per heavy atom. The van der Waals surface area contributed by atoms with Gasteiger partial charge in [0.05, 0.1) is 11.3 Å². The minimum absolute atomic E-state index is 0.0207. The summed E-state index contributed by atoms with van der Waals surface area (Å²) in [6, 6.07) is 9.18. The highest BCUT2D eigenvalue weighted by molar-refractivity contribution is 5.92. The molecular formula is C16H21N3O. The molecule has 106 valence electrons. The second-order valence-corrected chi connectivity index (χ2v) is 5.32. The number of nitrogens with one attached hydrogen (secondary N) is 1. The number of rotatable bonds is 5. The molecule has 0 saturated carbocycles. The average molecular weight is 271 g/mol. The van der Waals surface area contributed by atoms with Crippen LogP contribution >= 0.6 is 0 Å². The van der Waals surface area contributed by atoms with Crippen LogP contribution in [0.15, 0.2) is 24.3 Å². The summed E-state index contributed by atoms with van der Waals surface area (Å²) >= 11 is 0. The van der Waals surface area contributed by atoms with Crippen molar-refractivity contribution in [2.75, 3.05) is 25.0 Å². The molecule has 20 heavy (non-hydrogen) atoms. The van der Waals surface area contributed by atoms with Gasteiger partial charge in [-0.15, -0.1) is 0 Å². The van der Waals surface area contributed by atoms with E-state index in [0.717, 1.165) is 25.6 Å². The monoisotopic (exact) mass is 271 g/mol. The fourth-order valence-electron chi connectivity index (χ4n) is 2.61. The molecule has 0 radical (unpaired) electrons. The van der Waals surface area contributed by atoms with Crippen molar-refractivity contribution in [3.8, 4) is 6.07 Å². The number of carbonyl (C=O) groups excluding carboxylic acids is 1. The highest BCUT2D eigenvalue weighted by Gasteiger charge is 2.21. The topological polar surface area (TPSA) is 56.1 Å². The molecule has 1 aromatic rings. The number of nitriles is 1. The van der Waals surface area contributed by atoms with Crippen molar-refractivity contribution in [3.05, 3.63) is 29.8 Å². The zero-order chi connectivity index (χ0) is 14.4. The van der Waals surface area contributed by atoms with Crippen LogP contribution in [0.2, 0.25) is 0 Å². The van der Waals surface area contributed by atoms with E-state index in [1.54, 1.807) is 18.2 Å². The highest BCUT2D eigenvalue weighted by atomic mass is 16.1. The van der Waals surface area contributed by atoms with Crippen molar-refractivity contribution in [1.82, 2.24) is 4.90 Å². The summed E-state index contributed by atoms with van der Waals surface area (Å²) in [5.74, 6) is 0.769. The van der Waals surface area contributed by atoms with Gasteiger partial charge in [0.2, 0.25) is 5.91 Å². The van der Waals surface area contributed by atoms with E-state index in [1.165, 1.54) is 12.8 Å². The molecular weight excluding hydrogens is 250 g/mol. The van der Waals surface area contributed by atoms with E-state index in [9.17, 15) is 4.79 Å². The second kappa shape index (κ2) is 7.06. The third-order valence-electron chi connectivity index (χ3n) is 3.92. The van der Waals surface area contributed by atoms with Crippen molar-refractivity contribution in [2.45, 2.75) is 26.2 Å². The van der Waals surface area contributed by atoms with Crippen LogP contribution < -0.4 is 5.32 Å². The van der Waals surface area contributed by atoms with Gasteiger partial charge in [-0.05, 0) is 31.0 Å². The van der Waals surface area contributed by atoms with Crippen LogP contribution in [0.5, 0.6) is 0 Å². The number of hydrogen-bond donors (Lipinski definition) is 1. The van der Waals surface area contributed by atoms with Crippen LogP contribution in [0, 0.1) is 17.2 Å². The van der Waals surface area contributed by atoms with Gasteiger partial charge >= 0.3 is 0 Å². The number of benzene rings is 1. The van der Waals surface area contributed by atoms with Gasteiger partial charge in [-0.1, -0.05) is 25.5 Å². The summed E-state index contributed by atoms with van der Waals surface area (Å²) in [4.78, 5) is 14.3. The Balaban J connectivity index is 1.80. The first-order valence-corrected chi connectivity index (χ1v) is 7.24. The molecule has 0 bridgehead atoms. The highest BCUT2D eigenvalue weighted by Crippen LogP contribution is 2.19. The fourth-order valence-corrected chi connectivity index (χ4v) is 2.61. The molecule has 1 aromatic carbocycles. The van der Waals surface area contributed by atoms with Crippen molar-refractivity contribution in [2.24, 2.45) is 5.92 Å². The van der Waals surface area contributed by atoms with E-state index >= 15 is 0 Å². The maximum atomic E-state index is 11.9. The van der Waals surface area contributed by atoms with E-state index in [0.29, 0.717) is 17.7 Å². The van der Waals surface area contributed by atoms with Crippen molar-refractivity contribution in [1.29, 1.82) is 5.26 Å². The maximum absolute atomic E-state index is 11.9. The molecule has 1 unspecified atom stereocenters. The number of nitrogens with zero attached hydrogens (tertiary/aromatic N) is 2. The van der Waals surface area contributed by atoms with Crippen LogP contribution in [-0.2, 0) is 4.79 Å². The predicted molar refractivity (Wildman–Crippen MR) is 79.2 cm³/mol. The smallest absolute Gasteiger partial charge is 0.225 e. The van der Waals surface area contributed by atoms with Crippen LogP contribution in [0.25, 0.3) is 0 Å². The number of likely N-dealkylation sites (tertiary alicyclic amines) is 1. The Morgan fingerprint density at radius 2 is 2.30 bits per heavy atom. The summed E-state index contributed by atoms with van der Waals surface area (Å²) < 4.78 is 0. The lowest BCUT2D eigenvalue weighted by atomic mass is 10.1. The van der Waals surface area contributed by atoms with E-state index in [4.69, 9.17) is 5.26 Å². The average Bonchev–Trinajstić information content (AvgIpc) is 2.94. The number of para-hydroxylation sites is 1. The number of hydrogen-bond acceptors (Lipinski definition) is 3. The van der Waals surface area contributed by atoms with Gasteiger partial charge in [0.15, 0.2) is 0 Å². The van der Waals surface area contributed by atoms with Gasteiger partial charge in [0.25, 0.3) is 0 Å². The molecule has 1 fully saturated rings. The molecule has 1 heterocycles. The Kier molecular flexibility index (Phi) is 5.14. The number of anilines is 1. The molecule has 4 nitrogen and oxygen atoms in total. The lowest BCUT2D eigenvalue weighted by molar-refractivity contribution is -0.116. The Morgan fingerprint density at radius 1 is 1.50 bits per heavy atom. The Hall–Kier alpha value is -1.86. The van der Waals surface area contributed by atoms with Gasteiger partial charge in [-0.3, -0.25) is 4.79 Å². The van der Waals surface area contributed by atoms with Gasteiger partial charge in [0, 0.05) is 19.5 Å². The van der Waals surface area contributed by atoms with E-state index in [1.807, 2.05) is 6.07 Å². The minimum atomic E-state index is -0.0207. The Labute approximate surface area is 120 Å². The van der Waals surface area contributed by atoms with Gasteiger partial charge < -0.3 is 10.2 Å². The lowest BCUT2D eigenvalue weighted by Crippen LogP contribution is -2.26. The molecule has 2 rings (SSSR count). The van der Waals surface area contributed by atoms with E-state index < -0.39 is 0 Å². The van der Waals surface area contributed by atoms with Gasteiger partial charge in [-0.2, -0.15) is 5.26 Å². The molecule has 1 atom stereocenters. The summed E-state index contributed by atoms with van der Waals surface area (Å²) in [6.45, 7) is 5.23. The molecule has 1 aliphatic rings. The third-order valence-corrected chi connectivity index (χ3v) is 3.92. The quantitative estimate of drug-likeness (QED) is 0.895. The van der Waals surface area contributed by atoms with Crippen molar-refractivity contribution < 1.29 is 4.79 Å². The summed E-state index contributed by atoms with van der Waals surface area (Å²) in [5, 5.41) is 11.8. The predicted octanol–water partition coefficient (Wildman–Crippen LogP) is 2.62. The maximum Gasteiger partial charge on any atom is 0.225 e. The summed E-state index contributed by atoms with van der Waals surface area (Å²) in [6.07, 6.45) is 2.95.